The second-order valence-corrected chi connectivity index (χ2v) is 3.66. The molecular weight excluding hydrogens is 142 g/mol. The van der Waals surface area contributed by atoms with E-state index in [1.165, 1.54) is 0 Å². The molecule has 0 aliphatic heterocycles. The van der Waals surface area contributed by atoms with Crippen LogP contribution in [0.4, 0.5) is 0 Å². The highest BCUT2D eigenvalue weighted by Gasteiger charge is 2.17. The number of rotatable bonds is 2. The van der Waals surface area contributed by atoms with Crippen LogP contribution in [-0.2, 0) is 5.41 Å². The van der Waals surface area contributed by atoms with Gasteiger partial charge in [-0.1, -0.05) is 6.08 Å². The van der Waals surface area contributed by atoms with Gasteiger partial charge in [-0.25, -0.2) is 4.98 Å². The minimum Gasteiger partial charge on any atom is -0.249 e. The van der Waals surface area contributed by atoms with E-state index in [1.807, 2.05) is 17.7 Å². The normalized spacial score (nSPS) is 11.4. The lowest BCUT2D eigenvalue weighted by Gasteiger charge is -2.14. The minimum atomic E-state index is 0.0359. The van der Waals surface area contributed by atoms with E-state index in [9.17, 15) is 0 Å². The molecule has 0 spiro atoms. The van der Waals surface area contributed by atoms with Gasteiger partial charge >= 0.3 is 0 Å². The van der Waals surface area contributed by atoms with Gasteiger partial charge in [0.25, 0.3) is 0 Å². The van der Waals surface area contributed by atoms with Gasteiger partial charge in [-0.2, -0.15) is 0 Å². The van der Waals surface area contributed by atoms with Gasteiger partial charge in [0.05, 0.1) is 0 Å². The molecule has 0 amide bonds. The van der Waals surface area contributed by atoms with Crippen molar-refractivity contribution in [1.82, 2.24) is 4.98 Å². The van der Waals surface area contributed by atoms with E-state index in [4.69, 9.17) is 0 Å². The Kier molecular flexibility index (Phi) is 1.90. The fourth-order valence-corrected chi connectivity index (χ4v) is 1.39. The Morgan fingerprint density at radius 1 is 1.70 bits per heavy atom. The van der Waals surface area contributed by atoms with Crippen molar-refractivity contribution in [1.29, 1.82) is 0 Å². The third-order valence-electron chi connectivity index (χ3n) is 1.49. The van der Waals surface area contributed by atoms with Gasteiger partial charge in [-0.15, -0.1) is 17.9 Å². The molecule has 54 valence electrons. The summed E-state index contributed by atoms with van der Waals surface area (Å²) in [5, 5.41) is 3.11. The van der Waals surface area contributed by atoms with Gasteiger partial charge in [0.15, 0.2) is 0 Å². The Bertz CT molecular complexity index is 211. The summed E-state index contributed by atoms with van der Waals surface area (Å²) in [6, 6.07) is 0. The number of aromatic nitrogens is 1. The van der Waals surface area contributed by atoms with E-state index in [-0.39, 0.29) is 5.41 Å². The zero-order valence-corrected chi connectivity index (χ0v) is 7.11. The van der Waals surface area contributed by atoms with E-state index in [2.05, 4.69) is 25.4 Å². The lowest BCUT2D eigenvalue weighted by Crippen LogP contribution is -2.11. The van der Waals surface area contributed by atoms with E-state index < -0.39 is 0 Å². The van der Waals surface area contributed by atoms with Crippen LogP contribution in [0.2, 0.25) is 0 Å². The molecule has 0 saturated carbocycles. The highest BCUT2D eigenvalue weighted by atomic mass is 32.1. The summed E-state index contributed by atoms with van der Waals surface area (Å²) >= 11 is 1.67. The van der Waals surface area contributed by atoms with Crippen LogP contribution in [0, 0.1) is 0 Å². The maximum atomic E-state index is 4.21. The van der Waals surface area contributed by atoms with E-state index in [0.29, 0.717) is 0 Å². The number of nitrogens with zero attached hydrogens (tertiary/aromatic N) is 1. The first-order valence-corrected chi connectivity index (χ1v) is 4.08. The number of hydrogen-bond acceptors (Lipinski definition) is 2. The average Bonchev–Trinajstić information content (AvgIpc) is 2.38. The quantitative estimate of drug-likeness (QED) is 0.595. The molecule has 1 heterocycles. The zero-order chi connectivity index (χ0) is 7.61. The van der Waals surface area contributed by atoms with E-state index in [1.54, 1.807) is 11.3 Å². The van der Waals surface area contributed by atoms with Gasteiger partial charge in [-0.3, -0.25) is 0 Å². The summed E-state index contributed by atoms with van der Waals surface area (Å²) in [7, 11) is 0. The molecule has 0 atom stereocenters. The van der Waals surface area contributed by atoms with Crippen LogP contribution >= 0.6 is 11.3 Å². The minimum absolute atomic E-state index is 0.0359. The third-order valence-corrected chi connectivity index (χ3v) is 2.61. The lowest BCUT2D eigenvalue weighted by atomic mass is 9.95. The van der Waals surface area contributed by atoms with Gasteiger partial charge in [0.2, 0.25) is 0 Å². The molecule has 0 aliphatic carbocycles. The van der Waals surface area contributed by atoms with Crippen LogP contribution in [-0.4, -0.2) is 4.98 Å². The van der Waals surface area contributed by atoms with Crippen molar-refractivity contribution in [2.75, 3.05) is 0 Å². The highest BCUT2D eigenvalue weighted by Crippen LogP contribution is 2.25. The van der Waals surface area contributed by atoms with Crippen molar-refractivity contribution in [2.45, 2.75) is 19.3 Å². The lowest BCUT2D eigenvalue weighted by molar-refractivity contribution is 0.665. The van der Waals surface area contributed by atoms with Crippen molar-refractivity contribution in [3.05, 3.63) is 29.2 Å². The average molecular weight is 153 g/mol. The molecular formula is C8H11NS. The van der Waals surface area contributed by atoms with Crippen molar-refractivity contribution < 1.29 is 0 Å². The number of thiazole rings is 1. The number of allylic oxidation sites excluding steroid dienone is 1. The molecule has 1 rings (SSSR count). The molecule has 0 N–H and O–H groups in total. The summed E-state index contributed by atoms with van der Waals surface area (Å²) < 4.78 is 0. The fraction of sp³-hybridized carbons (Fsp3) is 0.375. The monoisotopic (exact) mass is 153 g/mol. The Balaban J connectivity index is 2.95. The van der Waals surface area contributed by atoms with Crippen molar-refractivity contribution in [3.63, 3.8) is 0 Å². The van der Waals surface area contributed by atoms with E-state index in [0.717, 1.165) is 5.01 Å². The molecule has 2 heteroatoms. The van der Waals surface area contributed by atoms with E-state index >= 15 is 0 Å². The Labute approximate surface area is 65.4 Å². The van der Waals surface area contributed by atoms with Crippen molar-refractivity contribution in [2.24, 2.45) is 0 Å². The molecule has 0 saturated heterocycles. The van der Waals surface area contributed by atoms with Gasteiger partial charge in [-0.05, 0) is 13.8 Å². The number of hydrogen-bond donors (Lipinski definition) is 0. The second-order valence-electron chi connectivity index (χ2n) is 2.76. The summed E-state index contributed by atoms with van der Waals surface area (Å²) in [6.45, 7) is 7.97. The SMILES string of the molecule is C=CC(C)(C)c1nccs1. The first-order valence-electron chi connectivity index (χ1n) is 3.20. The summed E-state index contributed by atoms with van der Waals surface area (Å²) in [6.07, 6.45) is 3.75. The van der Waals surface area contributed by atoms with Crippen molar-refractivity contribution >= 4 is 11.3 Å². The predicted octanol–water partition coefficient (Wildman–Crippen LogP) is 2.61. The van der Waals surface area contributed by atoms with Crippen molar-refractivity contribution in [3.8, 4) is 0 Å². The molecule has 1 nitrogen and oxygen atoms in total. The smallest absolute Gasteiger partial charge is 0.102 e. The van der Waals surface area contributed by atoms with Crippen LogP contribution < -0.4 is 0 Å². The Hall–Kier alpha value is -0.630. The molecule has 0 unspecified atom stereocenters. The summed E-state index contributed by atoms with van der Waals surface area (Å²) in [5.74, 6) is 0. The van der Waals surface area contributed by atoms with Crippen LogP contribution in [0.1, 0.15) is 18.9 Å². The molecule has 0 radical (unpaired) electrons. The first-order chi connectivity index (χ1) is 4.67. The van der Waals surface area contributed by atoms with Crippen LogP contribution in [0.3, 0.4) is 0 Å². The summed E-state index contributed by atoms with van der Waals surface area (Å²) in [5.41, 5.74) is 0.0359. The molecule has 0 fully saturated rings. The van der Waals surface area contributed by atoms with Crippen LogP contribution in [0.5, 0.6) is 0 Å². The van der Waals surface area contributed by atoms with Gasteiger partial charge in [0.1, 0.15) is 5.01 Å². The van der Waals surface area contributed by atoms with Gasteiger partial charge in [0, 0.05) is 17.0 Å². The van der Waals surface area contributed by atoms with Crippen LogP contribution in [0.15, 0.2) is 24.2 Å². The Morgan fingerprint density at radius 3 is 2.80 bits per heavy atom. The highest BCUT2D eigenvalue weighted by molar-refractivity contribution is 7.09. The molecule has 10 heavy (non-hydrogen) atoms. The largest absolute Gasteiger partial charge is 0.249 e. The van der Waals surface area contributed by atoms with Gasteiger partial charge < -0.3 is 0 Å². The third kappa shape index (κ3) is 1.27. The maximum Gasteiger partial charge on any atom is 0.102 e. The summed E-state index contributed by atoms with van der Waals surface area (Å²) in [4.78, 5) is 4.21. The molecule has 1 aromatic heterocycles. The predicted molar refractivity (Wildman–Crippen MR) is 45.3 cm³/mol. The topological polar surface area (TPSA) is 12.9 Å². The maximum absolute atomic E-state index is 4.21. The molecule has 0 bridgehead atoms. The second kappa shape index (κ2) is 2.54. The molecule has 0 aromatic carbocycles. The fourth-order valence-electron chi connectivity index (χ4n) is 0.629. The Morgan fingerprint density at radius 2 is 2.40 bits per heavy atom. The zero-order valence-electron chi connectivity index (χ0n) is 6.29. The van der Waals surface area contributed by atoms with Crippen LogP contribution in [0.25, 0.3) is 0 Å². The standard InChI is InChI=1S/C8H11NS/c1-4-8(2,3)7-9-5-6-10-7/h4-6H,1H2,2-3H3. The first kappa shape index (κ1) is 7.48. The molecule has 1 aromatic rings. The molecule has 0 aliphatic rings.